The second-order valence-electron chi connectivity index (χ2n) is 6.53. The number of hydrogen-bond donors (Lipinski definition) is 0. The summed E-state index contributed by atoms with van der Waals surface area (Å²) in [4.78, 5) is 19.1. The van der Waals surface area contributed by atoms with Crippen LogP contribution in [0.25, 0.3) is 0 Å². The van der Waals surface area contributed by atoms with Crippen molar-refractivity contribution in [3.05, 3.63) is 5.01 Å². The number of carbonyl (C=O) groups is 1. The molecule has 0 saturated carbocycles. The minimum Gasteiger partial charge on any atom is -0.343 e. The number of likely N-dealkylation sites (tertiary alicyclic amines) is 1. The van der Waals surface area contributed by atoms with Gasteiger partial charge in [-0.3, -0.25) is 9.69 Å². The first-order valence-electron chi connectivity index (χ1n) is 8.13. The molecule has 2 aliphatic heterocycles. The Balaban J connectivity index is 1.56. The van der Waals surface area contributed by atoms with E-state index in [0.29, 0.717) is 11.8 Å². The summed E-state index contributed by atoms with van der Waals surface area (Å²) in [5.74, 6) is 0.729. The average Bonchev–Trinajstić information content (AvgIpc) is 3.15. The molecule has 0 spiro atoms. The number of likely N-dealkylation sites (N-methyl/N-ethyl adjacent to an activating group) is 1. The normalized spacial score (nSPS) is 23.5. The van der Waals surface area contributed by atoms with Crippen LogP contribution in [0.1, 0.15) is 37.6 Å². The third-order valence-corrected chi connectivity index (χ3v) is 5.88. The molecule has 2 saturated heterocycles. The van der Waals surface area contributed by atoms with Crippen molar-refractivity contribution in [2.24, 2.45) is 0 Å². The molecular weight excluding hydrogens is 298 g/mol. The van der Waals surface area contributed by atoms with Crippen molar-refractivity contribution >= 4 is 22.4 Å². The van der Waals surface area contributed by atoms with Gasteiger partial charge in [0.2, 0.25) is 11.0 Å². The SMILES string of the molecule is CC(C)c1nnc(N2CCN(C(=O)C3CCCN3C)CC2)s1. The lowest BCUT2D eigenvalue weighted by atomic mass is 10.2. The summed E-state index contributed by atoms with van der Waals surface area (Å²) < 4.78 is 0. The van der Waals surface area contributed by atoms with Crippen molar-refractivity contribution in [2.75, 3.05) is 44.7 Å². The highest BCUT2D eigenvalue weighted by molar-refractivity contribution is 7.15. The average molecular weight is 323 g/mol. The smallest absolute Gasteiger partial charge is 0.240 e. The topological polar surface area (TPSA) is 52.6 Å². The van der Waals surface area contributed by atoms with E-state index in [1.165, 1.54) is 0 Å². The van der Waals surface area contributed by atoms with E-state index in [2.05, 4.69) is 40.9 Å². The molecule has 7 heteroatoms. The summed E-state index contributed by atoms with van der Waals surface area (Å²) in [5, 5.41) is 10.6. The van der Waals surface area contributed by atoms with Gasteiger partial charge in [0, 0.05) is 32.1 Å². The maximum Gasteiger partial charge on any atom is 0.240 e. The molecule has 6 nitrogen and oxygen atoms in total. The number of nitrogens with zero attached hydrogens (tertiary/aromatic N) is 5. The van der Waals surface area contributed by atoms with Gasteiger partial charge in [0.15, 0.2) is 0 Å². The number of piperazine rings is 1. The Labute approximate surface area is 136 Å². The Morgan fingerprint density at radius 3 is 2.45 bits per heavy atom. The van der Waals surface area contributed by atoms with E-state index in [4.69, 9.17) is 0 Å². The van der Waals surface area contributed by atoms with E-state index in [9.17, 15) is 4.79 Å². The predicted molar refractivity (Wildman–Crippen MR) is 88.4 cm³/mol. The molecule has 2 fully saturated rings. The van der Waals surface area contributed by atoms with E-state index >= 15 is 0 Å². The first kappa shape index (κ1) is 15.7. The predicted octanol–water partition coefficient (Wildman–Crippen LogP) is 1.40. The Kier molecular flexibility index (Phi) is 4.63. The quantitative estimate of drug-likeness (QED) is 0.842. The summed E-state index contributed by atoms with van der Waals surface area (Å²) in [5.41, 5.74) is 0. The summed E-state index contributed by atoms with van der Waals surface area (Å²) >= 11 is 1.67. The van der Waals surface area contributed by atoms with Crippen molar-refractivity contribution in [3.8, 4) is 0 Å². The summed E-state index contributed by atoms with van der Waals surface area (Å²) in [7, 11) is 2.06. The molecule has 122 valence electrons. The second kappa shape index (κ2) is 6.50. The summed E-state index contributed by atoms with van der Waals surface area (Å²) in [6.45, 7) is 8.61. The molecule has 1 unspecified atom stereocenters. The van der Waals surface area contributed by atoms with Crippen LogP contribution in [0.3, 0.4) is 0 Å². The molecule has 0 radical (unpaired) electrons. The van der Waals surface area contributed by atoms with E-state index in [0.717, 1.165) is 55.7 Å². The third-order valence-electron chi connectivity index (χ3n) is 4.59. The van der Waals surface area contributed by atoms with Gasteiger partial charge in [-0.1, -0.05) is 25.2 Å². The third kappa shape index (κ3) is 3.10. The molecule has 3 rings (SSSR count). The van der Waals surface area contributed by atoms with Crippen molar-refractivity contribution < 1.29 is 4.79 Å². The zero-order valence-corrected chi connectivity index (χ0v) is 14.5. The minimum absolute atomic E-state index is 0.0978. The molecule has 3 heterocycles. The summed E-state index contributed by atoms with van der Waals surface area (Å²) in [6, 6.07) is 0.0978. The maximum absolute atomic E-state index is 12.6. The minimum atomic E-state index is 0.0978. The monoisotopic (exact) mass is 323 g/mol. The van der Waals surface area contributed by atoms with Crippen LogP contribution in [0, 0.1) is 0 Å². The molecule has 0 aromatic carbocycles. The molecule has 0 bridgehead atoms. The number of rotatable bonds is 3. The standard InChI is InChI=1S/C15H25N5OS/c1-11(2)13-16-17-15(22-13)20-9-7-19(8-10-20)14(21)12-5-4-6-18(12)3/h11-12H,4-10H2,1-3H3. The Morgan fingerprint density at radius 2 is 1.91 bits per heavy atom. The van der Waals surface area contributed by atoms with Gasteiger partial charge in [0.25, 0.3) is 0 Å². The summed E-state index contributed by atoms with van der Waals surface area (Å²) in [6.07, 6.45) is 2.14. The largest absolute Gasteiger partial charge is 0.343 e. The van der Waals surface area contributed by atoms with Gasteiger partial charge in [-0.15, -0.1) is 10.2 Å². The highest BCUT2D eigenvalue weighted by Crippen LogP contribution is 2.26. The number of aromatic nitrogens is 2. The van der Waals surface area contributed by atoms with Crippen LogP contribution < -0.4 is 4.90 Å². The molecule has 0 N–H and O–H groups in total. The molecular formula is C15H25N5OS. The lowest BCUT2D eigenvalue weighted by molar-refractivity contribution is -0.135. The number of anilines is 1. The number of amides is 1. The van der Waals surface area contributed by atoms with Gasteiger partial charge >= 0.3 is 0 Å². The number of hydrogen-bond acceptors (Lipinski definition) is 6. The maximum atomic E-state index is 12.6. The van der Waals surface area contributed by atoms with E-state index in [1.807, 2.05) is 4.90 Å². The second-order valence-corrected chi connectivity index (χ2v) is 7.52. The molecule has 22 heavy (non-hydrogen) atoms. The van der Waals surface area contributed by atoms with Crippen molar-refractivity contribution in [1.29, 1.82) is 0 Å². The molecule has 1 atom stereocenters. The molecule has 1 amide bonds. The fourth-order valence-electron chi connectivity index (χ4n) is 3.14. The highest BCUT2D eigenvalue weighted by atomic mass is 32.1. The van der Waals surface area contributed by atoms with Crippen LogP contribution in [0.2, 0.25) is 0 Å². The lowest BCUT2D eigenvalue weighted by Gasteiger charge is -2.36. The fraction of sp³-hybridized carbons (Fsp3) is 0.800. The molecule has 2 aliphatic rings. The Bertz CT molecular complexity index is 524. The van der Waals surface area contributed by atoms with Crippen LogP contribution in [0.15, 0.2) is 0 Å². The van der Waals surface area contributed by atoms with Gasteiger partial charge in [0.1, 0.15) is 5.01 Å². The van der Waals surface area contributed by atoms with E-state index in [-0.39, 0.29) is 6.04 Å². The van der Waals surface area contributed by atoms with Crippen molar-refractivity contribution in [3.63, 3.8) is 0 Å². The molecule has 1 aromatic rings. The van der Waals surface area contributed by atoms with Gasteiger partial charge < -0.3 is 9.80 Å². The van der Waals surface area contributed by atoms with E-state index < -0.39 is 0 Å². The van der Waals surface area contributed by atoms with Crippen molar-refractivity contribution in [1.82, 2.24) is 20.0 Å². The van der Waals surface area contributed by atoms with Crippen LogP contribution in [-0.2, 0) is 4.79 Å². The zero-order chi connectivity index (χ0) is 15.7. The van der Waals surface area contributed by atoms with Crippen LogP contribution >= 0.6 is 11.3 Å². The number of carbonyl (C=O) groups excluding carboxylic acids is 1. The highest BCUT2D eigenvalue weighted by Gasteiger charge is 2.33. The Morgan fingerprint density at radius 1 is 1.18 bits per heavy atom. The lowest BCUT2D eigenvalue weighted by Crippen LogP contribution is -2.53. The molecule has 0 aliphatic carbocycles. The van der Waals surface area contributed by atoms with Crippen LogP contribution in [0.4, 0.5) is 5.13 Å². The van der Waals surface area contributed by atoms with Gasteiger partial charge in [-0.25, -0.2) is 0 Å². The van der Waals surface area contributed by atoms with Gasteiger partial charge in [-0.05, 0) is 26.4 Å². The first-order chi connectivity index (χ1) is 10.6. The Hall–Kier alpha value is -1.21. The fourth-order valence-corrected chi connectivity index (χ4v) is 4.04. The molecule has 1 aromatic heterocycles. The van der Waals surface area contributed by atoms with Gasteiger partial charge in [-0.2, -0.15) is 0 Å². The zero-order valence-electron chi connectivity index (χ0n) is 13.7. The van der Waals surface area contributed by atoms with E-state index in [1.54, 1.807) is 11.3 Å². The van der Waals surface area contributed by atoms with Gasteiger partial charge in [0.05, 0.1) is 6.04 Å². The first-order valence-corrected chi connectivity index (χ1v) is 8.95. The van der Waals surface area contributed by atoms with Crippen LogP contribution in [0.5, 0.6) is 0 Å². The van der Waals surface area contributed by atoms with Crippen molar-refractivity contribution in [2.45, 2.75) is 38.6 Å². The van der Waals surface area contributed by atoms with Crippen LogP contribution in [-0.4, -0.2) is 71.7 Å².